The molecule has 0 aliphatic carbocycles. The number of carbonyl (C=O) groups excluding carboxylic acids is 1. The summed E-state index contributed by atoms with van der Waals surface area (Å²) < 4.78 is 1.63. The zero-order valence-corrected chi connectivity index (χ0v) is 16.9. The number of nitrogens with one attached hydrogen (secondary N) is 2. The maximum Gasteiger partial charge on any atom is 0.488 e. The number of nitrogens with two attached hydrogens (primary N) is 1. The summed E-state index contributed by atoms with van der Waals surface area (Å²) in [4.78, 5) is 21.0. The molecular formula is C20H19BN8O3. The van der Waals surface area contributed by atoms with Gasteiger partial charge in [0.2, 0.25) is 11.6 Å². The van der Waals surface area contributed by atoms with Crippen LogP contribution in [0, 0.1) is 0 Å². The van der Waals surface area contributed by atoms with Crippen LogP contribution in [0.25, 0.3) is 17.3 Å². The third kappa shape index (κ3) is 3.51. The molecule has 12 heteroatoms. The molecule has 4 heterocycles. The fraction of sp³-hybridized carbons (Fsp3) is 0.150. The van der Waals surface area contributed by atoms with E-state index in [9.17, 15) is 14.8 Å². The number of amides is 1. The third-order valence-corrected chi connectivity index (χ3v) is 5.28. The van der Waals surface area contributed by atoms with Crippen molar-refractivity contribution < 1.29 is 14.8 Å². The van der Waals surface area contributed by atoms with Gasteiger partial charge >= 0.3 is 7.12 Å². The average molecular weight is 430 g/mol. The van der Waals surface area contributed by atoms with Gasteiger partial charge in [-0.1, -0.05) is 24.3 Å². The molecule has 1 amide bonds. The largest absolute Gasteiger partial charge is 0.488 e. The Morgan fingerprint density at radius 3 is 2.91 bits per heavy atom. The number of anilines is 2. The highest BCUT2D eigenvalue weighted by Gasteiger charge is 2.23. The second-order valence-electron chi connectivity index (χ2n) is 7.38. The molecule has 3 aromatic heterocycles. The van der Waals surface area contributed by atoms with Gasteiger partial charge in [0.05, 0.1) is 5.56 Å². The van der Waals surface area contributed by atoms with Gasteiger partial charge in [-0.05, 0) is 29.6 Å². The van der Waals surface area contributed by atoms with Crippen molar-refractivity contribution in [3.05, 3.63) is 59.3 Å². The number of primary amides is 1. The molecule has 1 aliphatic rings. The highest BCUT2D eigenvalue weighted by Crippen LogP contribution is 2.29. The van der Waals surface area contributed by atoms with E-state index in [0.717, 1.165) is 24.1 Å². The molecule has 0 radical (unpaired) electrons. The van der Waals surface area contributed by atoms with Crippen molar-refractivity contribution >= 4 is 35.8 Å². The van der Waals surface area contributed by atoms with Crippen molar-refractivity contribution in [1.82, 2.24) is 24.6 Å². The molecule has 0 unspecified atom stereocenters. The van der Waals surface area contributed by atoms with E-state index >= 15 is 0 Å². The molecule has 0 fully saturated rings. The first-order chi connectivity index (χ1) is 15.5. The molecule has 0 atom stereocenters. The van der Waals surface area contributed by atoms with Crippen LogP contribution < -0.4 is 21.8 Å². The lowest BCUT2D eigenvalue weighted by Crippen LogP contribution is -2.30. The Morgan fingerprint density at radius 2 is 2.09 bits per heavy atom. The Hall–Kier alpha value is -4.03. The molecule has 1 aliphatic heterocycles. The van der Waals surface area contributed by atoms with Gasteiger partial charge < -0.3 is 26.4 Å². The molecular weight excluding hydrogens is 411 g/mol. The van der Waals surface area contributed by atoms with Gasteiger partial charge in [0.15, 0.2) is 5.65 Å². The van der Waals surface area contributed by atoms with Gasteiger partial charge in [-0.25, -0.2) is 9.97 Å². The number of hydrogen-bond acceptors (Lipinski definition) is 9. The smallest absolute Gasteiger partial charge is 0.423 e. The zero-order valence-electron chi connectivity index (χ0n) is 16.9. The van der Waals surface area contributed by atoms with E-state index in [1.54, 1.807) is 40.9 Å². The van der Waals surface area contributed by atoms with Gasteiger partial charge in [0, 0.05) is 24.8 Å². The minimum atomic E-state index is -1.53. The first-order valence-corrected chi connectivity index (χ1v) is 9.99. The highest BCUT2D eigenvalue weighted by atomic mass is 16.4. The van der Waals surface area contributed by atoms with Crippen LogP contribution in [0.15, 0.2) is 42.6 Å². The van der Waals surface area contributed by atoms with Crippen molar-refractivity contribution in [2.75, 3.05) is 17.2 Å². The summed E-state index contributed by atoms with van der Waals surface area (Å²) in [6.45, 7) is 1.16. The molecule has 1 aromatic carbocycles. The van der Waals surface area contributed by atoms with E-state index in [0.29, 0.717) is 40.9 Å². The van der Waals surface area contributed by atoms with Crippen LogP contribution in [0.2, 0.25) is 0 Å². The van der Waals surface area contributed by atoms with Gasteiger partial charge in [-0.2, -0.15) is 0 Å². The fourth-order valence-corrected chi connectivity index (χ4v) is 3.73. The Labute approximate surface area is 182 Å². The first kappa shape index (κ1) is 19.9. The highest BCUT2D eigenvalue weighted by molar-refractivity contribution is 6.58. The summed E-state index contributed by atoms with van der Waals surface area (Å²) in [6, 6.07) is 10.3. The van der Waals surface area contributed by atoms with E-state index in [1.807, 2.05) is 6.07 Å². The SMILES string of the molecule is NC(=O)c1cccn2c(-c3nc4c(c(NCc5cccc(B(O)O)c5)n3)CCN4)nnc12. The van der Waals surface area contributed by atoms with Crippen LogP contribution >= 0.6 is 0 Å². The summed E-state index contributed by atoms with van der Waals surface area (Å²) in [7, 11) is -1.53. The molecule has 11 nitrogen and oxygen atoms in total. The average Bonchev–Trinajstić information content (AvgIpc) is 3.44. The standard InChI is InChI=1S/C20H19BN8O3/c22-15(30)13-5-2-8-29-19(13)27-28-20(29)18-25-16-14(6-7-23-16)17(26-18)24-10-11-3-1-4-12(9-11)21(31)32/h1-5,8-9,31-32H,6-7,10H2,(H2,22,30)(H2,23,24,25,26). The predicted molar refractivity (Wildman–Crippen MR) is 118 cm³/mol. The number of carbonyl (C=O) groups is 1. The Balaban J connectivity index is 1.52. The Bertz CT molecular complexity index is 1340. The lowest BCUT2D eigenvalue weighted by atomic mass is 9.79. The van der Waals surface area contributed by atoms with Gasteiger partial charge in [0.25, 0.3) is 5.91 Å². The molecule has 0 saturated heterocycles. The lowest BCUT2D eigenvalue weighted by Gasteiger charge is -2.12. The van der Waals surface area contributed by atoms with Crippen molar-refractivity contribution in [1.29, 1.82) is 0 Å². The van der Waals surface area contributed by atoms with Crippen molar-refractivity contribution in [2.45, 2.75) is 13.0 Å². The number of benzene rings is 1. The molecule has 5 rings (SSSR count). The van der Waals surface area contributed by atoms with Crippen LogP contribution in [0.4, 0.5) is 11.6 Å². The molecule has 0 spiro atoms. The van der Waals surface area contributed by atoms with E-state index in [-0.39, 0.29) is 5.56 Å². The Kier molecular flexibility index (Phi) is 4.92. The van der Waals surface area contributed by atoms with Crippen molar-refractivity contribution in [2.24, 2.45) is 5.73 Å². The number of fused-ring (bicyclic) bond motifs is 2. The van der Waals surface area contributed by atoms with E-state index in [1.165, 1.54) is 0 Å². The van der Waals surface area contributed by atoms with Crippen LogP contribution in [0.5, 0.6) is 0 Å². The van der Waals surface area contributed by atoms with Gasteiger partial charge in [0.1, 0.15) is 11.6 Å². The third-order valence-electron chi connectivity index (χ3n) is 5.28. The minimum Gasteiger partial charge on any atom is -0.423 e. The van der Waals surface area contributed by atoms with E-state index in [4.69, 9.17) is 5.73 Å². The molecule has 6 N–H and O–H groups in total. The predicted octanol–water partition coefficient (Wildman–Crippen LogP) is -0.455. The van der Waals surface area contributed by atoms with Gasteiger partial charge in [-0.3, -0.25) is 9.20 Å². The van der Waals surface area contributed by atoms with Crippen LogP contribution in [-0.2, 0) is 13.0 Å². The molecule has 32 heavy (non-hydrogen) atoms. The summed E-state index contributed by atoms with van der Waals surface area (Å²) in [5, 5.41) is 33.7. The first-order valence-electron chi connectivity index (χ1n) is 9.99. The normalized spacial score (nSPS) is 12.4. The van der Waals surface area contributed by atoms with Crippen molar-refractivity contribution in [3.8, 4) is 11.6 Å². The van der Waals surface area contributed by atoms with Gasteiger partial charge in [-0.15, -0.1) is 10.2 Å². The summed E-state index contributed by atoms with van der Waals surface area (Å²) >= 11 is 0. The van der Waals surface area contributed by atoms with Crippen LogP contribution in [-0.4, -0.2) is 54.2 Å². The number of aromatic nitrogens is 5. The molecule has 0 saturated carbocycles. The maximum atomic E-state index is 11.7. The quantitative estimate of drug-likeness (QED) is 0.255. The fourth-order valence-electron chi connectivity index (χ4n) is 3.73. The van der Waals surface area contributed by atoms with Crippen LogP contribution in [0.3, 0.4) is 0 Å². The van der Waals surface area contributed by atoms with Crippen LogP contribution in [0.1, 0.15) is 21.5 Å². The second-order valence-corrected chi connectivity index (χ2v) is 7.38. The lowest BCUT2D eigenvalue weighted by molar-refractivity contribution is 0.100. The minimum absolute atomic E-state index is 0.259. The molecule has 0 bridgehead atoms. The van der Waals surface area contributed by atoms with E-state index in [2.05, 4.69) is 30.8 Å². The number of pyridine rings is 1. The summed E-state index contributed by atoms with van der Waals surface area (Å²) in [5.74, 6) is 1.48. The number of nitrogens with zero attached hydrogens (tertiary/aromatic N) is 5. The molecule has 4 aromatic rings. The maximum absolute atomic E-state index is 11.7. The number of rotatable bonds is 6. The monoisotopic (exact) mass is 430 g/mol. The Morgan fingerprint density at radius 1 is 1.22 bits per heavy atom. The zero-order chi connectivity index (χ0) is 22.2. The molecule has 160 valence electrons. The summed E-state index contributed by atoms with van der Waals surface area (Å²) in [6.07, 6.45) is 2.49. The van der Waals surface area contributed by atoms with E-state index < -0.39 is 13.0 Å². The number of hydrogen-bond donors (Lipinski definition) is 5. The van der Waals surface area contributed by atoms with Crippen molar-refractivity contribution in [3.63, 3.8) is 0 Å². The topological polar surface area (TPSA) is 164 Å². The second kappa shape index (κ2) is 7.91. The summed E-state index contributed by atoms with van der Waals surface area (Å²) in [5.41, 5.74) is 8.28.